The van der Waals surface area contributed by atoms with Gasteiger partial charge in [-0.25, -0.2) is 0 Å². The third-order valence-corrected chi connectivity index (χ3v) is 5.65. The summed E-state index contributed by atoms with van der Waals surface area (Å²) in [6.45, 7) is 9.73. The van der Waals surface area contributed by atoms with Crippen LogP contribution in [0.2, 0.25) is 0 Å². The molecule has 0 unspecified atom stereocenters. The summed E-state index contributed by atoms with van der Waals surface area (Å²) in [5, 5.41) is 4.76. The fraction of sp³-hybridized carbons (Fsp3) is 0.500. The minimum Gasteiger partial charge on any atom is -0.379 e. The monoisotopic (exact) mass is 388 g/mol. The Morgan fingerprint density at radius 2 is 1.96 bits per heavy atom. The van der Waals surface area contributed by atoms with Crippen LogP contribution < -0.4 is 10.9 Å². The van der Waals surface area contributed by atoms with E-state index in [1.807, 2.05) is 19.2 Å². The van der Waals surface area contributed by atoms with E-state index in [4.69, 9.17) is 17.0 Å². The molecule has 1 fully saturated rings. The first-order valence-corrected chi connectivity index (χ1v) is 9.78. The van der Waals surface area contributed by atoms with Crippen LogP contribution in [0.25, 0.3) is 10.9 Å². The van der Waals surface area contributed by atoms with Gasteiger partial charge in [0.1, 0.15) is 0 Å². The minimum absolute atomic E-state index is 0.0546. The molecule has 7 heteroatoms. The summed E-state index contributed by atoms with van der Waals surface area (Å²) >= 11 is 5.48. The van der Waals surface area contributed by atoms with E-state index in [1.165, 1.54) is 11.1 Å². The number of H-pyrrole nitrogens is 1. The molecule has 1 aromatic heterocycles. The second kappa shape index (κ2) is 8.82. The normalized spacial score (nSPS) is 15.1. The Labute approximate surface area is 165 Å². The molecule has 27 heavy (non-hydrogen) atoms. The van der Waals surface area contributed by atoms with Crippen molar-refractivity contribution in [3.63, 3.8) is 0 Å². The van der Waals surface area contributed by atoms with Crippen molar-refractivity contribution < 1.29 is 4.74 Å². The first-order chi connectivity index (χ1) is 13.0. The molecule has 0 saturated carbocycles. The lowest BCUT2D eigenvalue weighted by Crippen LogP contribution is -2.45. The predicted octanol–water partition coefficient (Wildman–Crippen LogP) is 1.78. The van der Waals surface area contributed by atoms with E-state index in [1.54, 1.807) is 0 Å². The van der Waals surface area contributed by atoms with Crippen molar-refractivity contribution in [1.29, 1.82) is 0 Å². The van der Waals surface area contributed by atoms with Gasteiger partial charge in [0.15, 0.2) is 5.11 Å². The molecule has 146 valence electrons. The molecule has 1 saturated heterocycles. The number of benzene rings is 1. The van der Waals surface area contributed by atoms with E-state index in [-0.39, 0.29) is 5.56 Å². The molecule has 2 N–H and O–H groups in total. The van der Waals surface area contributed by atoms with Gasteiger partial charge < -0.3 is 19.9 Å². The fourth-order valence-electron chi connectivity index (χ4n) is 3.34. The quantitative estimate of drug-likeness (QED) is 0.762. The van der Waals surface area contributed by atoms with Gasteiger partial charge in [-0.3, -0.25) is 9.69 Å². The highest BCUT2D eigenvalue weighted by atomic mass is 32.1. The molecule has 1 aliphatic rings. The van der Waals surface area contributed by atoms with Gasteiger partial charge in [-0.15, -0.1) is 0 Å². The van der Waals surface area contributed by atoms with Crippen LogP contribution in [0.15, 0.2) is 23.0 Å². The van der Waals surface area contributed by atoms with Crippen LogP contribution in [-0.4, -0.2) is 66.3 Å². The highest BCUT2D eigenvalue weighted by Gasteiger charge is 2.16. The standard InChI is InChI=1S/C20H28N4O2S/c1-14-10-16-12-17(19(25)22-18(16)11-15(14)2)13-24(20(27)21-3)5-4-23-6-8-26-9-7-23/h10-12H,4-9,13H2,1-3H3,(H,21,27)(H,22,25). The maximum absolute atomic E-state index is 12.6. The Bertz CT molecular complexity index is 874. The van der Waals surface area contributed by atoms with Crippen molar-refractivity contribution in [3.05, 3.63) is 45.2 Å². The zero-order valence-electron chi connectivity index (χ0n) is 16.3. The maximum atomic E-state index is 12.6. The number of aromatic amines is 1. The Kier molecular flexibility index (Phi) is 6.46. The fourth-order valence-corrected chi connectivity index (χ4v) is 3.50. The van der Waals surface area contributed by atoms with E-state index in [0.29, 0.717) is 11.7 Å². The number of pyridine rings is 1. The average molecular weight is 389 g/mol. The van der Waals surface area contributed by atoms with Crippen LogP contribution in [0.1, 0.15) is 16.7 Å². The van der Waals surface area contributed by atoms with Crippen LogP contribution in [0.5, 0.6) is 0 Å². The second-order valence-corrected chi connectivity index (χ2v) is 7.46. The summed E-state index contributed by atoms with van der Waals surface area (Å²) in [6.07, 6.45) is 0. The Morgan fingerprint density at radius 3 is 2.67 bits per heavy atom. The highest BCUT2D eigenvalue weighted by molar-refractivity contribution is 7.80. The first-order valence-electron chi connectivity index (χ1n) is 9.38. The molecule has 0 bridgehead atoms. The summed E-state index contributed by atoms with van der Waals surface area (Å²) in [5.41, 5.74) is 3.94. The van der Waals surface area contributed by atoms with E-state index < -0.39 is 0 Å². The molecule has 0 spiro atoms. The van der Waals surface area contributed by atoms with Crippen molar-refractivity contribution in [2.75, 3.05) is 46.4 Å². The number of fused-ring (bicyclic) bond motifs is 1. The second-order valence-electron chi connectivity index (χ2n) is 7.08. The molecule has 0 amide bonds. The number of nitrogens with one attached hydrogen (secondary N) is 2. The number of morpholine rings is 1. The van der Waals surface area contributed by atoms with Gasteiger partial charge in [-0.2, -0.15) is 0 Å². The van der Waals surface area contributed by atoms with Crippen LogP contribution >= 0.6 is 12.2 Å². The van der Waals surface area contributed by atoms with Crippen molar-refractivity contribution in [3.8, 4) is 0 Å². The summed E-state index contributed by atoms with van der Waals surface area (Å²) in [5.74, 6) is 0. The summed E-state index contributed by atoms with van der Waals surface area (Å²) in [6, 6.07) is 6.14. The Morgan fingerprint density at radius 1 is 1.26 bits per heavy atom. The molecular formula is C20H28N4O2S. The van der Waals surface area contributed by atoms with Crippen LogP contribution in [0, 0.1) is 13.8 Å². The van der Waals surface area contributed by atoms with Gasteiger partial charge in [0.05, 0.1) is 19.8 Å². The van der Waals surface area contributed by atoms with E-state index in [9.17, 15) is 4.79 Å². The summed E-state index contributed by atoms with van der Waals surface area (Å²) in [7, 11) is 1.82. The molecule has 3 rings (SSSR count). The smallest absolute Gasteiger partial charge is 0.253 e. The predicted molar refractivity (Wildman–Crippen MR) is 113 cm³/mol. The molecule has 0 atom stereocenters. The zero-order valence-corrected chi connectivity index (χ0v) is 17.1. The Hall–Kier alpha value is -1.96. The van der Waals surface area contributed by atoms with Crippen LogP contribution in [-0.2, 0) is 11.3 Å². The molecule has 2 aromatic rings. The number of hydrogen-bond donors (Lipinski definition) is 2. The lowest BCUT2D eigenvalue weighted by atomic mass is 10.0. The van der Waals surface area contributed by atoms with Gasteiger partial charge >= 0.3 is 0 Å². The Balaban J connectivity index is 1.79. The van der Waals surface area contributed by atoms with Gasteiger partial charge in [0.25, 0.3) is 5.56 Å². The third-order valence-electron chi connectivity index (χ3n) is 5.19. The number of rotatable bonds is 5. The first kappa shape index (κ1) is 19.8. The number of aryl methyl sites for hydroxylation is 2. The van der Waals surface area contributed by atoms with Gasteiger partial charge in [0, 0.05) is 44.3 Å². The van der Waals surface area contributed by atoms with Crippen LogP contribution in [0.3, 0.4) is 0 Å². The lowest BCUT2D eigenvalue weighted by molar-refractivity contribution is 0.0357. The number of hydrogen-bond acceptors (Lipinski definition) is 4. The molecule has 2 heterocycles. The van der Waals surface area contributed by atoms with Crippen molar-refractivity contribution in [2.45, 2.75) is 20.4 Å². The van der Waals surface area contributed by atoms with Crippen molar-refractivity contribution in [1.82, 2.24) is 20.1 Å². The summed E-state index contributed by atoms with van der Waals surface area (Å²) in [4.78, 5) is 20.1. The number of nitrogens with zero attached hydrogens (tertiary/aromatic N) is 2. The minimum atomic E-state index is -0.0546. The summed E-state index contributed by atoms with van der Waals surface area (Å²) < 4.78 is 5.41. The topological polar surface area (TPSA) is 60.6 Å². The SMILES string of the molecule is CNC(=S)N(CCN1CCOCC1)Cc1cc2cc(C)c(C)cc2[nH]c1=O. The van der Waals surface area contributed by atoms with Gasteiger partial charge in [-0.05, 0) is 60.8 Å². The van der Waals surface area contributed by atoms with Crippen molar-refractivity contribution in [2.24, 2.45) is 0 Å². The van der Waals surface area contributed by atoms with Crippen LogP contribution in [0.4, 0.5) is 0 Å². The largest absolute Gasteiger partial charge is 0.379 e. The van der Waals surface area contributed by atoms with E-state index in [0.717, 1.165) is 55.9 Å². The molecule has 6 nitrogen and oxygen atoms in total. The highest BCUT2D eigenvalue weighted by Crippen LogP contribution is 2.18. The van der Waals surface area contributed by atoms with E-state index in [2.05, 4.69) is 40.0 Å². The lowest BCUT2D eigenvalue weighted by Gasteiger charge is -2.31. The number of aromatic nitrogens is 1. The average Bonchev–Trinajstić information content (AvgIpc) is 2.67. The molecule has 0 aliphatic carbocycles. The maximum Gasteiger partial charge on any atom is 0.253 e. The molecule has 1 aliphatic heterocycles. The molecule has 1 aromatic carbocycles. The van der Waals surface area contributed by atoms with Gasteiger partial charge in [0.2, 0.25) is 0 Å². The number of thiocarbonyl (C=S) groups is 1. The number of ether oxygens (including phenoxy) is 1. The third kappa shape index (κ3) is 4.86. The molecular weight excluding hydrogens is 360 g/mol. The van der Waals surface area contributed by atoms with Crippen molar-refractivity contribution >= 4 is 28.2 Å². The molecule has 0 radical (unpaired) electrons. The van der Waals surface area contributed by atoms with Gasteiger partial charge in [-0.1, -0.05) is 0 Å². The zero-order chi connectivity index (χ0) is 19.4. The van der Waals surface area contributed by atoms with E-state index >= 15 is 0 Å².